The van der Waals surface area contributed by atoms with Gasteiger partial charge in [-0.3, -0.25) is 0 Å². The quantitative estimate of drug-likeness (QED) is 0.505. The average molecular weight is 222 g/mol. The smallest absolute Gasteiger partial charge is 0.0730 e. The van der Waals surface area contributed by atoms with Gasteiger partial charge in [0.2, 0.25) is 0 Å². The molecule has 0 saturated heterocycles. The Morgan fingerprint density at radius 3 is 2.76 bits per heavy atom. The molecule has 1 heterocycles. The summed E-state index contributed by atoms with van der Waals surface area (Å²) in [7, 11) is 0. The number of pyridine rings is 1. The van der Waals surface area contributed by atoms with Crippen molar-refractivity contribution >= 4 is 27.5 Å². The molecule has 0 aliphatic heterocycles. The minimum Gasteiger partial charge on any atom is -0.398 e. The molecule has 0 fully saturated rings. The molecule has 0 amide bonds. The van der Waals surface area contributed by atoms with Gasteiger partial charge in [0.05, 0.1) is 11.0 Å². The first kappa shape index (κ1) is 10.1. The molecule has 0 aliphatic rings. The molecule has 0 bridgehead atoms. The summed E-state index contributed by atoms with van der Waals surface area (Å²) in [5, 5.41) is 2.18. The fourth-order valence-corrected chi connectivity index (χ4v) is 2.14. The first-order valence-corrected chi connectivity index (χ1v) is 5.86. The lowest BCUT2D eigenvalue weighted by Crippen LogP contribution is -1.90. The summed E-state index contributed by atoms with van der Waals surface area (Å²) in [6, 6.07) is 14.4. The van der Waals surface area contributed by atoms with Crippen LogP contribution in [0.4, 0.5) is 5.69 Å². The minimum absolute atomic E-state index is 0.788. The molecule has 2 nitrogen and oxygen atoms in total. The maximum atomic E-state index is 5.96. The molecule has 3 aromatic rings. The molecule has 0 radical (unpaired) electrons. The predicted molar refractivity (Wildman–Crippen MR) is 73.0 cm³/mol. The fraction of sp³-hybridized carbons (Fsp3) is 0.133. The number of hydrogen-bond donors (Lipinski definition) is 1. The number of aromatic nitrogens is 1. The molecule has 0 atom stereocenters. The van der Waals surface area contributed by atoms with Crippen LogP contribution >= 0.6 is 0 Å². The van der Waals surface area contributed by atoms with Crippen molar-refractivity contribution in [1.82, 2.24) is 4.98 Å². The molecular weight excluding hydrogens is 208 g/mol. The Morgan fingerprint density at radius 2 is 1.94 bits per heavy atom. The van der Waals surface area contributed by atoms with Crippen LogP contribution < -0.4 is 5.73 Å². The van der Waals surface area contributed by atoms with Crippen LogP contribution in [-0.4, -0.2) is 4.98 Å². The lowest BCUT2D eigenvalue weighted by atomic mass is 10.1. The highest BCUT2D eigenvalue weighted by atomic mass is 14.7. The molecule has 3 rings (SSSR count). The number of fused-ring (bicyclic) bond motifs is 2. The van der Waals surface area contributed by atoms with E-state index in [0.29, 0.717) is 0 Å². The Kier molecular flexibility index (Phi) is 2.22. The average Bonchev–Trinajstić information content (AvgIpc) is 2.36. The second-order valence-electron chi connectivity index (χ2n) is 4.28. The third-order valence-electron chi connectivity index (χ3n) is 3.16. The van der Waals surface area contributed by atoms with Crippen LogP contribution in [0, 0.1) is 0 Å². The summed E-state index contributed by atoms with van der Waals surface area (Å²) in [5.74, 6) is 0. The monoisotopic (exact) mass is 222 g/mol. The Morgan fingerprint density at radius 1 is 1.06 bits per heavy atom. The van der Waals surface area contributed by atoms with Gasteiger partial charge in [-0.15, -0.1) is 0 Å². The van der Waals surface area contributed by atoms with Gasteiger partial charge >= 0.3 is 0 Å². The molecule has 2 heteroatoms. The van der Waals surface area contributed by atoms with Crippen molar-refractivity contribution in [2.24, 2.45) is 0 Å². The summed E-state index contributed by atoms with van der Waals surface area (Å²) < 4.78 is 0. The number of anilines is 1. The first-order chi connectivity index (χ1) is 8.28. The second-order valence-corrected chi connectivity index (χ2v) is 4.28. The van der Waals surface area contributed by atoms with E-state index in [9.17, 15) is 0 Å². The number of benzene rings is 2. The zero-order valence-electron chi connectivity index (χ0n) is 9.77. The zero-order chi connectivity index (χ0) is 11.8. The van der Waals surface area contributed by atoms with E-state index >= 15 is 0 Å². The van der Waals surface area contributed by atoms with Crippen LogP contribution in [0.5, 0.6) is 0 Å². The van der Waals surface area contributed by atoms with E-state index in [0.717, 1.165) is 33.9 Å². The molecule has 0 spiro atoms. The van der Waals surface area contributed by atoms with Gasteiger partial charge < -0.3 is 5.73 Å². The van der Waals surface area contributed by atoms with E-state index < -0.39 is 0 Å². The highest BCUT2D eigenvalue weighted by Gasteiger charge is 2.02. The van der Waals surface area contributed by atoms with Gasteiger partial charge in [-0.2, -0.15) is 0 Å². The topological polar surface area (TPSA) is 38.9 Å². The summed E-state index contributed by atoms with van der Waals surface area (Å²) in [6.45, 7) is 2.15. The lowest BCUT2D eigenvalue weighted by Gasteiger charge is -2.05. The Hall–Kier alpha value is -2.09. The zero-order valence-corrected chi connectivity index (χ0v) is 9.77. The van der Waals surface area contributed by atoms with Gasteiger partial charge in [0.1, 0.15) is 0 Å². The Balaban J connectivity index is 2.39. The third-order valence-corrected chi connectivity index (χ3v) is 3.16. The van der Waals surface area contributed by atoms with Crippen molar-refractivity contribution in [3.63, 3.8) is 0 Å². The van der Waals surface area contributed by atoms with Crippen LogP contribution in [0.15, 0.2) is 42.5 Å². The molecule has 2 N–H and O–H groups in total. The van der Waals surface area contributed by atoms with Crippen LogP contribution in [-0.2, 0) is 6.42 Å². The molecule has 0 unspecified atom stereocenters. The van der Waals surface area contributed by atoms with Gasteiger partial charge in [-0.1, -0.05) is 25.1 Å². The first-order valence-electron chi connectivity index (χ1n) is 5.86. The van der Waals surface area contributed by atoms with Gasteiger partial charge in [0.15, 0.2) is 0 Å². The SMILES string of the molecule is CCc1ccc2cc3c(N)cccc3nc2c1. The van der Waals surface area contributed by atoms with Crippen molar-refractivity contribution < 1.29 is 0 Å². The van der Waals surface area contributed by atoms with E-state index in [1.807, 2.05) is 18.2 Å². The van der Waals surface area contributed by atoms with Crippen LogP contribution in [0.1, 0.15) is 12.5 Å². The standard InChI is InChI=1S/C15H14N2/c1-2-10-6-7-11-9-12-13(16)4-3-5-14(12)17-15(11)8-10/h3-9H,2,16H2,1H3. The van der Waals surface area contributed by atoms with Crippen molar-refractivity contribution in [3.05, 3.63) is 48.0 Å². The van der Waals surface area contributed by atoms with E-state index in [1.54, 1.807) is 0 Å². The number of aryl methyl sites for hydroxylation is 1. The highest BCUT2D eigenvalue weighted by Crippen LogP contribution is 2.24. The summed E-state index contributed by atoms with van der Waals surface area (Å²) in [4.78, 5) is 4.67. The van der Waals surface area contributed by atoms with Crippen LogP contribution in [0.3, 0.4) is 0 Å². The van der Waals surface area contributed by atoms with Crippen molar-refractivity contribution in [1.29, 1.82) is 0 Å². The van der Waals surface area contributed by atoms with Gasteiger partial charge in [0, 0.05) is 16.5 Å². The van der Waals surface area contributed by atoms with Crippen molar-refractivity contribution in [3.8, 4) is 0 Å². The summed E-state index contributed by atoms with van der Waals surface area (Å²) in [5.41, 5.74) is 10.1. The number of nitrogen functional groups attached to an aromatic ring is 1. The number of hydrogen-bond acceptors (Lipinski definition) is 2. The van der Waals surface area contributed by atoms with Gasteiger partial charge in [-0.25, -0.2) is 4.98 Å². The van der Waals surface area contributed by atoms with Gasteiger partial charge in [-0.05, 0) is 36.2 Å². The summed E-state index contributed by atoms with van der Waals surface area (Å²) >= 11 is 0. The van der Waals surface area contributed by atoms with E-state index in [1.165, 1.54) is 5.56 Å². The van der Waals surface area contributed by atoms with Crippen molar-refractivity contribution in [2.75, 3.05) is 5.73 Å². The van der Waals surface area contributed by atoms with E-state index in [-0.39, 0.29) is 0 Å². The maximum absolute atomic E-state index is 5.96. The van der Waals surface area contributed by atoms with Crippen LogP contribution in [0.25, 0.3) is 21.8 Å². The Labute approximate surface area is 100 Å². The molecule has 17 heavy (non-hydrogen) atoms. The number of nitrogens with two attached hydrogens (primary N) is 1. The molecular formula is C15H14N2. The summed E-state index contributed by atoms with van der Waals surface area (Å²) in [6.07, 6.45) is 1.03. The largest absolute Gasteiger partial charge is 0.398 e. The molecule has 1 aromatic heterocycles. The maximum Gasteiger partial charge on any atom is 0.0730 e. The molecule has 84 valence electrons. The van der Waals surface area contributed by atoms with Gasteiger partial charge in [0.25, 0.3) is 0 Å². The third kappa shape index (κ3) is 1.62. The Bertz CT molecular complexity index is 702. The van der Waals surface area contributed by atoms with E-state index in [4.69, 9.17) is 5.73 Å². The van der Waals surface area contributed by atoms with E-state index in [2.05, 4.69) is 36.2 Å². The molecule has 2 aromatic carbocycles. The second kappa shape index (κ2) is 3.74. The highest BCUT2D eigenvalue weighted by molar-refractivity contribution is 5.98. The van der Waals surface area contributed by atoms with Crippen molar-refractivity contribution in [2.45, 2.75) is 13.3 Å². The predicted octanol–water partition coefficient (Wildman–Crippen LogP) is 3.53. The lowest BCUT2D eigenvalue weighted by molar-refractivity contribution is 1.14. The fourth-order valence-electron chi connectivity index (χ4n) is 2.14. The molecule has 0 aliphatic carbocycles. The number of rotatable bonds is 1. The number of nitrogens with zero attached hydrogens (tertiary/aromatic N) is 1. The van der Waals surface area contributed by atoms with Crippen LogP contribution in [0.2, 0.25) is 0 Å². The minimum atomic E-state index is 0.788. The normalized spacial score (nSPS) is 11.1. The molecule has 0 saturated carbocycles.